The third-order valence-corrected chi connectivity index (χ3v) is 4.03. The molecular weight excluding hydrogens is 556 g/mol. The van der Waals surface area contributed by atoms with Crippen LogP contribution in [0.1, 0.15) is 17.2 Å². The van der Waals surface area contributed by atoms with E-state index in [-0.39, 0.29) is 62.1 Å². The van der Waals surface area contributed by atoms with E-state index in [0.29, 0.717) is 0 Å². The number of aryl methyl sites for hydroxylation is 1. The molecule has 0 bridgehead atoms. The molecule has 1 aromatic carbocycles. The summed E-state index contributed by atoms with van der Waals surface area (Å²) in [6, 6.07) is 4.11. The van der Waals surface area contributed by atoms with E-state index in [9.17, 15) is 9.90 Å². The number of hydrogen-bond acceptors (Lipinski definition) is 2. The predicted octanol–water partition coefficient (Wildman–Crippen LogP) is 2.00. The van der Waals surface area contributed by atoms with Crippen LogP contribution in [0.3, 0.4) is 0 Å². The molecule has 5 heteroatoms. The van der Waals surface area contributed by atoms with E-state index in [1.165, 1.54) is 5.56 Å². The van der Waals surface area contributed by atoms with Crippen molar-refractivity contribution in [3.8, 4) is 0 Å². The van der Waals surface area contributed by atoms with E-state index in [4.69, 9.17) is 0 Å². The summed E-state index contributed by atoms with van der Waals surface area (Å²) in [4.78, 5) is 12.1. The summed E-state index contributed by atoms with van der Waals surface area (Å²) in [7, 11) is 0. The minimum Gasteiger partial charge on any atom is -0.394 e. The molecule has 0 amide bonds. The Kier molecular flexibility index (Phi) is 4.58. The Morgan fingerprint density at radius 1 is 1.50 bits per heavy atom. The van der Waals surface area contributed by atoms with Gasteiger partial charge in [0.15, 0.2) is 5.43 Å². The third-order valence-electron chi connectivity index (χ3n) is 3.41. The summed E-state index contributed by atoms with van der Waals surface area (Å²) in [5, 5.41) is 10.2. The molecule has 91 valence electrons. The van der Waals surface area contributed by atoms with Gasteiger partial charge in [0.25, 0.3) is 0 Å². The number of benzene rings is 1. The Morgan fingerprint density at radius 2 is 2.22 bits per heavy atom. The minimum atomic E-state index is 0. The van der Waals surface area contributed by atoms with Crippen molar-refractivity contribution < 1.29 is 49.2 Å². The number of aliphatic hydroxyl groups excluding tert-OH is 1. The molecule has 1 aliphatic rings. The summed E-state index contributed by atoms with van der Waals surface area (Å²) in [6.45, 7) is 1.94. The molecule has 1 aromatic heterocycles. The van der Waals surface area contributed by atoms with Gasteiger partial charge in [-0.3, -0.25) is 4.79 Å². The number of aliphatic hydroxyl groups is 1. The van der Waals surface area contributed by atoms with Gasteiger partial charge in [-0.25, -0.2) is 0 Å². The fraction of sp³-hybridized carbons (Fsp3) is 0.308. The number of rotatable bonds is 1. The first kappa shape index (κ1) is 15.0. The second-order valence-electron chi connectivity index (χ2n) is 4.55. The van der Waals surface area contributed by atoms with Crippen LogP contribution in [0.2, 0.25) is 0 Å². The van der Waals surface area contributed by atoms with Crippen molar-refractivity contribution in [1.82, 2.24) is 4.57 Å². The molecule has 0 saturated heterocycles. The van der Waals surface area contributed by atoms with Gasteiger partial charge >= 0.3 is 0 Å². The molecule has 1 radical (unpaired) electrons. The van der Waals surface area contributed by atoms with E-state index >= 15 is 0 Å². The second kappa shape index (κ2) is 5.51. The van der Waals surface area contributed by atoms with Crippen molar-refractivity contribution in [1.29, 1.82) is 0 Å². The van der Waals surface area contributed by atoms with Gasteiger partial charge in [0.05, 0.1) is 18.2 Å². The molecule has 1 unspecified atom stereocenters. The van der Waals surface area contributed by atoms with E-state index < -0.39 is 0 Å². The molecular formula is C13H12AcINO2. The molecule has 2 aromatic rings. The van der Waals surface area contributed by atoms with E-state index in [2.05, 4.69) is 33.2 Å². The normalized spacial score (nSPS) is 16.9. The minimum absolute atomic E-state index is 0. The van der Waals surface area contributed by atoms with Crippen LogP contribution in [-0.4, -0.2) is 16.3 Å². The molecule has 3 nitrogen and oxygen atoms in total. The summed E-state index contributed by atoms with van der Waals surface area (Å²) in [6.07, 6.45) is 2.68. The molecule has 2 heterocycles. The van der Waals surface area contributed by atoms with Crippen molar-refractivity contribution >= 4 is 33.5 Å². The van der Waals surface area contributed by atoms with Crippen molar-refractivity contribution in [3.63, 3.8) is 0 Å². The van der Waals surface area contributed by atoms with E-state index in [1.807, 2.05) is 19.2 Å². The number of aromatic nitrogens is 1. The molecule has 18 heavy (non-hydrogen) atoms. The van der Waals surface area contributed by atoms with Gasteiger partial charge in [-0.2, -0.15) is 0 Å². The van der Waals surface area contributed by atoms with Crippen LogP contribution in [0.4, 0.5) is 0 Å². The molecule has 3 rings (SSSR count). The summed E-state index contributed by atoms with van der Waals surface area (Å²) >= 11 is 2.24. The Morgan fingerprint density at radius 3 is 2.89 bits per heavy atom. The van der Waals surface area contributed by atoms with E-state index in [1.54, 1.807) is 0 Å². The number of hydrogen-bond donors (Lipinski definition) is 1. The number of pyridine rings is 1. The van der Waals surface area contributed by atoms with Gasteiger partial charge in [-0.1, -0.05) is 0 Å². The van der Waals surface area contributed by atoms with Crippen LogP contribution in [-0.2, 0) is 6.42 Å². The van der Waals surface area contributed by atoms with Crippen LogP contribution in [0.5, 0.6) is 0 Å². The molecule has 1 N–H and O–H groups in total. The smallest absolute Gasteiger partial charge is 0.192 e. The Balaban J connectivity index is 0.00000120. The average molecular weight is 568 g/mol. The van der Waals surface area contributed by atoms with Gasteiger partial charge in [0.2, 0.25) is 0 Å². The van der Waals surface area contributed by atoms with Crippen molar-refractivity contribution in [2.75, 3.05) is 6.61 Å². The molecule has 0 saturated carbocycles. The van der Waals surface area contributed by atoms with E-state index in [0.717, 1.165) is 26.5 Å². The third kappa shape index (κ3) is 2.21. The molecule has 0 aliphatic carbocycles. The van der Waals surface area contributed by atoms with Crippen LogP contribution in [0.15, 0.2) is 23.1 Å². The van der Waals surface area contributed by atoms with Crippen molar-refractivity contribution in [2.45, 2.75) is 19.4 Å². The first-order valence-corrected chi connectivity index (χ1v) is 6.64. The molecule has 1 atom stereocenters. The zero-order valence-corrected chi connectivity index (χ0v) is 16.9. The monoisotopic (exact) mass is 568 g/mol. The molecule has 1 aliphatic heterocycles. The summed E-state index contributed by atoms with van der Waals surface area (Å²) in [5.41, 5.74) is 3.02. The van der Waals surface area contributed by atoms with Crippen LogP contribution >= 0.6 is 22.6 Å². The maximum atomic E-state index is 12.1. The van der Waals surface area contributed by atoms with Gasteiger partial charge in [0.1, 0.15) is 0 Å². The Bertz CT molecular complexity index is 681. The molecule has 0 fully saturated rings. The standard InChI is InChI=1S/C13H12INO2.Ac/c1-7-5-15-10(6-16)3-8-2-9(14)4-11(12(8)15)13(7)17;/h2,4-5,10,16H,3,6H2,1H3;. The van der Waals surface area contributed by atoms with Gasteiger partial charge in [0, 0.05) is 64.8 Å². The van der Waals surface area contributed by atoms with Crippen molar-refractivity contribution in [2.24, 2.45) is 0 Å². The fourth-order valence-corrected chi connectivity index (χ4v) is 3.31. The second-order valence-corrected chi connectivity index (χ2v) is 5.80. The topological polar surface area (TPSA) is 42.2 Å². The first-order valence-electron chi connectivity index (χ1n) is 5.56. The largest absolute Gasteiger partial charge is 0.394 e. The van der Waals surface area contributed by atoms with Crippen LogP contribution in [0, 0.1) is 54.6 Å². The predicted molar refractivity (Wildman–Crippen MR) is 75.5 cm³/mol. The summed E-state index contributed by atoms with van der Waals surface area (Å²) < 4.78 is 3.13. The van der Waals surface area contributed by atoms with Gasteiger partial charge < -0.3 is 9.67 Å². The first-order chi connectivity index (χ1) is 8.11. The average Bonchev–Trinajstić information content (AvgIpc) is 2.64. The fourth-order valence-electron chi connectivity index (χ4n) is 2.63. The zero-order valence-electron chi connectivity index (χ0n) is 9.98. The number of nitrogens with zero attached hydrogens (tertiary/aromatic N) is 1. The SMILES string of the molecule is Cc1cn2c3c(cc(I)cc3c1=O)CC2CO.[Ac]. The number of halogens is 1. The van der Waals surface area contributed by atoms with Crippen molar-refractivity contribution in [3.05, 3.63) is 43.2 Å². The molecule has 0 spiro atoms. The Hall–Kier alpha value is 0.562. The zero-order chi connectivity index (χ0) is 12.2. The van der Waals surface area contributed by atoms with Gasteiger partial charge in [-0.15, -0.1) is 0 Å². The van der Waals surface area contributed by atoms with Crippen LogP contribution < -0.4 is 5.43 Å². The maximum absolute atomic E-state index is 12.1. The summed E-state index contributed by atoms with van der Waals surface area (Å²) in [5.74, 6) is 0. The Labute approximate surface area is 154 Å². The maximum Gasteiger partial charge on any atom is 0.192 e. The van der Waals surface area contributed by atoms with Gasteiger partial charge in [-0.05, 0) is 53.6 Å². The quantitative estimate of drug-likeness (QED) is 0.536. The van der Waals surface area contributed by atoms with Crippen LogP contribution in [0.25, 0.3) is 10.9 Å².